The molecule has 0 fully saturated rings. The molecule has 0 amide bonds. The molecule has 0 spiro atoms. The van der Waals surface area contributed by atoms with Gasteiger partial charge in [-0.05, 0) is 31.0 Å². The van der Waals surface area contributed by atoms with Crippen molar-refractivity contribution in [2.24, 2.45) is 0 Å². The standard InChI is InChI=1S/C11H12F3NO/c1-6(16)10-5-7-8(11(12,13)14)3-2-4-9(7)15-10/h2-4,6,10,15-16H,5H2,1H3. The fraction of sp³-hybridized carbons (Fsp3) is 0.455. The van der Waals surface area contributed by atoms with Crippen LogP contribution in [0.15, 0.2) is 18.2 Å². The molecule has 1 heterocycles. The van der Waals surface area contributed by atoms with Crippen LogP contribution in [0.2, 0.25) is 0 Å². The lowest BCUT2D eigenvalue weighted by molar-refractivity contribution is -0.138. The van der Waals surface area contributed by atoms with E-state index in [1.807, 2.05) is 0 Å². The molecule has 88 valence electrons. The molecule has 1 aliphatic rings. The maximum atomic E-state index is 12.7. The number of halogens is 3. The van der Waals surface area contributed by atoms with E-state index in [0.29, 0.717) is 5.69 Å². The SMILES string of the molecule is CC(O)C1Cc2c(cccc2C(F)(F)F)N1. The molecular formula is C11H12F3NO. The second-order valence-corrected chi connectivity index (χ2v) is 4.03. The fourth-order valence-corrected chi connectivity index (χ4v) is 1.97. The van der Waals surface area contributed by atoms with Gasteiger partial charge in [0.2, 0.25) is 0 Å². The van der Waals surface area contributed by atoms with Gasteiger partial charge in [-0.1, -0.05) is 6.07 Å². The number of nitrogens with one attached hydrogen (secondary N) is 1. The van der Waals surface area contributed by atoms with E-state index in [9.17, 15) is 18.3 Å². The molecule has 0 saturated carbocycles. The molecule has 0 saturated heterocycles. The molecule has 0 radical (unpaired) electrons. The van der Waals surface area contributed by atoms with Crippen LogP contribution in [0.25, 0.3) is 0 Å². The van der Waals surface area contributed by atoms with Gasteiger partial charge >= 0.3 is 6.18 Å². The Balaban J connectivity index is 2.39. The number of fused-ring (bicyclic) bond motifs is 1. The van der Waals surface area contributed by atoms with Crippen molar-refractivity contribution in [3.8, 4) is 0 Å². The quantitative estimate of drug-likeness (QED) is 0.778. The van der Waals surface area contributed by atoms with Crippen LogP contribution in [0.3, 0.4) is 0 Å². The van der Waals surface area contributed by atoms with E-state index in [1.165, 1.54) is 6.07 Å². The van der Waals surface area contributed by atoms with Gasteiger partial charge < -0.3 is 10.4 Å². The molecule has 1 aromatic rings. The molecule has 0 aromatic heterocycles. The third-order valence-corrected chi connectivity index (χ3v) is 2.83. The molecule has 1 aliphatic heterocycles. The van der Waals surface area contributed by atoms with Gasteiger partial charge in [-0.15, -0.1) is 0 Å². The lowest BCUT2D eigenvalue weighted by atomic mass is 10.0. The average Bonchev–Trinajstić information content (AvgIpc) is 2.58. The van der Waals surface area contributed by atoms with Crippen molar-refractivity contribution in [1.82, 2.24) is 0 Å². The predicted molar refractivity (Wildman–Crippen MR) is 54.2 cm³/mol. The Morgan fingerprint density at radius 1 is 1.44 bits per heavy atom. The van der Waals surface area contributed by atoms with Crippen LogP contribution in [0.5, 0.6) is 0 Å². The minimum absolute atomic E-state index is 0.211. The Labute approximate surface area is 91.1 Å². The van der Waals surface area contributed by atoms with Crippen LogP contribution in [0.4, 0.5) is 18.9 Å². The predicted octanol–water partition coefficient (Wildman–Crippen LogP) is 2.42. The number of aliphatic hydroxyl groups is 1. The lowest BCUT2D eigenvalue weighted by Gasteiger charge is -2.13. The van der Waals surface area contributed by atoms with Gasteiger partial charge in [0.05, 0.1) is 17.7 Å². The van der Waals surface area contributed by atoms with Crippen molar-refractivity contribution < 1.29 is 18.3 Å². The van der Waals surface area contributed by atoms with Crippen molar-refractivity contribution >= 4 is 5.69 Å². The smallest absolute Gasteiger partial charge is 0.391 e. The van der Waals surface area contributed by atoms with Gasteiger partial charge in [-0.25, -0.2) is 0 Å². The zero-order valence-electron chi connectivity index (χ0n) is 8.67. The zero-order chi connectivity index (χ0) is 11.9. The van der Waals surface area contributed by atoms with Crippen LogP contribution in [0.1, 0.15) is 18.1 Å². The minimum atomic E-state index is -4.33. The van der Waals surface area contributed by atoms with Crippen molar-refractivity contribution in [3.05, 3.63) is 29.3 Å². The molecule has 2 atom stereocenters. The zero-order valence-corrected chi connectivity index (χ0v) is 8.67. The summed E-state index contributed by atoms with van der Waals surface area (Å²) in [4.78, 5) is 0. The van der Waals surface area contributed by atoms with Crippen molar-refractivity contribution in [1.29, 1.82) is 0 Å². The van der Waals surface area contributed by atoms with Gasteiger partial charge in [0.1, 0.15) is 0 Å². The number of rotatable bonds is 1. The van der Waals surface area contributed by atoms with Crippen LogP contribution in [-0.2, 0) is 12.6 Å². The van der Waals surface area contributed by atoms with Crippen LogP contribution in [-0.4, -0.2) is 17.3 Å². The van der Waals surface area contributed by atoms with Crippen molar-refractivity contribution in [3.63, 3.8) is 0 Å². The summed E-state index contributed by atoms with van der Waals surface area (Å²) in [6.07, 6.45) is -4.79. The summed E-state index contributed by atoms with van der Waals surface area (Å²) >= 11 is 0. The Morgan fingerprint density at radius 2 is 2.12 bits per heavy atom. The molecule has 1 aromatic carbocycles. The highest BCUT2D eigenvalue weighted by molar-refractivity contribution is 5.60. The highest BCUT2D eigenvalue weighted by Gasteiger charge is 2.37. The Bertz CT molecular complexity index is 401. The number of hydrogen-bond donors (Lipinski definition) is 2. The number of anilines is 1. The first kappa shape index (κ1) is 11.3. The van der Waals surface area contributed by atoms with Crippen molar-refractivity contribution in [2.45, 2.75) is 31.7 Å². The van der Waals surface area contributed by atoms with E-state index in [4.69, 9.17) is 0 Å². The molecule has 0 aliphatic carbocycles. The molecule has 2 N–H and O–H groups in total. The summed E-state index contributed by atoms with van der Waals surface area (Å²) in [6, 6.07) is 3.72. The summed E-state index contributed by atoms with van der Waals surface area (Å²) in [5, 5.41) is 12.3. The summed E-state index contributed by atoms with van der Waals surface area (Å²) in [5.74, 6) is 0. The van der Waals surface area contributed by atoms with Gasteiger partial charge in [-0.3, -0.25) is 0 Å². The first-order valence-corrected chi connectivity index (χ1v) is 5.03. The Kier molecular flexibility index (Phi) is 2.58. The van der Waals surface area contributed by atoms with E-state index in [0.717, 1.165) is 6.07 Å². The van der Waals surface area contributed by atoms with Gasteiger partial charge in [0.25, 0.3) is 0 Å². The van der Waals surface area contributed by atoms with E-state index < -0.39 is 17.8 Å². The van der Waals surface area contributed by atoms with Crippen LogP contribution in [0, 0.1) is 0 Å². The second-order valence-electron chi connectivity index (χ2n) is 4.03. The second kappa shape index (κ2) is 3.66. The number of aliphatic hydroxyl groups excluding tert-OH is 1. The van der Waals surface area contributed by atoms with Gasteiger partial charge in [0.15, 0.2) is 0 Å². The van der Waals surface area contributed by atoms with E-state index in [1.54, 1.807) is 13.0 Å². The first-order chi connectivity index (χ1) is 7.39. The third kappa shape index (κ3) is 1.87. The largest absolute Gasteiger partial charge is 0.416 e. The molecule has 2 unspecified atom stereocenters. The maximum Gasteiger partial charge on any atom is 0.416 e. The minimum Gasteiger partial charge on any atom is -0.391 e. The van der Waals surface area contributed by atoms with Crippen molar-refractivity contribution in [2.75, 3.05) is 5.32 Å². The monoisotopic (exact) mass is 231 g/mol. The normalized spacial score (nSPS) is 21.4. The Morgan fingerprint density at radius 3 is 2.69 bits per heavy atom. The summed E-state index contributed by atoms with van der Waals surface area (Å²) in [6.45, 7) is 1.57. The lowest BCUT2D eigenvalue weighted by Crippen LogP contribution is -2.28. The third-order valence-electron chi connectivity index (χ3n) is 2.83. The number of benzene rings is 1. The van der Waals surface area contributed by atoms with Gasteiger partial charge in [-0.2, -0.15) is 13.2 Å². The van der Waals surface area contributed by atoms with E-state index >= 15 is 0 Å². The molecule has 0 bridgehead atoms. The molecule has 2 nitrogen and oxygen atoms in total. The van der Waals surface area contributed by atoms with E-state index in [2.05, 4.69) is 5.32 Å². The highest BCUT2D eigenvalue weighted by atomic mass is 19.4. The summed E-state index contributed by atoms with van der Waals surface area (Å²) < 4.78 is 38.0. The maximum absolute atomic E-state index is 12.7. The van der Waals surface area contributed by atoms with E-state index in [-0.39, 0.29) is 18.0 Å². The van der Waals surface area contributed by atoms with Gasteiger partial charge in [0, 0.05) is 5.69 Å². The van der Waals surface area contributed by atoms with Crippen LogP contribution >= 0.6 is 0 Å². The average molecular weight is 231 g/mol. The number of hydrogen-bond acceptors (Lipinski definition) is 2. The highest BCUT2D eigenvalue weighted by Crippen LogP contribution is 2.38. The molecule has 5 heteroatoms. The molecule has 16 heavy (non-hydrogen) atoms. The number of alkyl halides is 3. The van der Waals surface area contributed by atoms with Crippen LogP contribution < -0.4 is 5.32 Å². The fourth-order valence-electron chi connectivity index (χ4n) is 1.97. The Hall–Kier alpha value is -1.23. The summed E-state index contributed by atoms with van der Waals surface area (Å²) in [7, 11) is 0. The molecular weight excluding hydrogens is 219 g/mol. The molecule has 2 rings (SSSR count). The first-order valence-electron chi connectivity index (χ1n) is 5.03. The topological polar surface area (TPSA) is 32.3 Å². The summed E-state index contributed by atoms with van der Waals surface area (Å²) in [5.41, 5.74) is 0.113.